The zero-order valence-electron chi connectivity index (χ0n) is 8.22. The fraction of sp³-hybridized carbons (Fsp3) is 0.667. The summed E-state index contributed by atoms with van der Waals surface area (Å²) in [5.41, 5.74) is 5.95. The molecule has 1 heterocycles. The minimum Gasteiger partial charge on any atom is -0.395 e. The summed E-state index contributed by atoms with van der Waals surface area (Å²) >= 11 is 3.16. The van der Waals surface area contributed by atoms with Crippen molar-refractivity contribution < 1.29 is 5.11 Å². The summed E-state index contributed by atoms with van der Waals surface area (Å²) in [6.07, 6.45) is 3.77. The lowest BCUT2D eigenvalue weighted by Crippen LogP contribution is -2.34. The Hall–Kier alpha value is -0.100. The van der Waals surface area contributed by atoms with Crippen LogP contribution in [0.25, 0.3) is 0 Å². The lowest BCUT2D eigenvalue weighted by atomic mass is 10.1. The SMILES string of the molecule is CCCC(N)C(CO)Sc1nccs1. The zero-order chi connectivity index (χ0) is 10.4. The molecular formula is C9H16N2OS2. The van der Waals surface area contributed by atoms with Gasteiger partial charge in [-0.25, -0.2) is 4.98 Å². The average Bonchev–Trinajstić information content (AvgIpc) is 2.66. The summed E-state index contributed by atoms with van der Waals surface area (Å²) in [7, 11) is 0. The maximum atomic E-state index is 9.20. The summed E-state index contributed by atoms with van der Waals surface area (Å²) in [4.78, 5) is 4.16. The highest BCUT2D eigenvalue weighted by Gasteiger charge is 2.18. The minimum absolute atomic E-state index is 0.0545. The number of aliphatic hydroxyl groups excluding tert-OH is 1. The van der Waals surface area contributed by atoms with Gasteiger partial charge in [0.1, 0.15) is 4.34 Å². The molecule has 2 atom stereocenters. The van der Waals surface area contributed by atoms with Crippen molar-refractivity contribution in [3.05, 3.63) is 11.6 Å². The number of rotatable bonds is 6. The second-order valence-corrected chi connectivity index (χ2v) is 5.47. The Bertz CT molecular complexity index is 241. The van der Waals surface area contributed by atoms with Gasteiger partial charge in [-0.1, -0.05) is 25.1 Å². The number of nitrogens with zero attached hydrogens (tertiary/aromatic N) is 1. The van der Waals surface area contributed by atoms with Crippen LogP contribution >= 0.6 is 23.1 Å². The first kappa shape index (κ1) is 12.0. The minimum atomic E-state index is 0.0545. The molecule has 0 saturated heterocycles. The number of hydrogen-bond donors (Lipinski definition) is 2. The topological polar surface area (TPSA) is 59.1 Å². The van der Waals surface area contributed by atoms with Crippen LogP contribution in [0.3, 0.4) is 0 Å². The maximum absolute atomic E-state index is 9.20. The second-order valence-electron chi connectivity index (χ2n) is 3.09. The molecule has 0 bridgehead atoms. The Labute approximate surface area is 92.7 Å². The third-order valence-corrected chi connectivity index (χ3v) is 4.19. The molecule has 0 radical (unpaired) electrons. The van der Waals surface area contributed by atoms with Crippen LogP contribution in [-0.4, -0.2) is 28.0 Å². The first-order chi connectivity index (χ1) is 6.77. The molecule has 5 heteroatoms. The summed E-state index contributed by atoms with van der Waals surface area (Å²) < 4.78 is 0.982. The number of thioether (sulfide) groups is 1. The third kappa shape index (κ3) is 3.57. The highest BCUT2D eigenvalue weighted by Crippen LogP contribution is 2.27. The Kier molecular flexibility index (Phi) is 5.47. The van der Waals surface area contributed by atoms with Crippen LogP contribution in [0.1, 0.15) is 19.8 Å². The van der Waals surface area contributed by atoms with E-state index in [-0.39, 0.29) is 17.9 Å². The molecule has 2 unspecified atom stereocenters. The van der Waals surface area contributed by atoms with E-state index in [0.29, 0.717) is 0 Å². The van der Waals surface area contributed by atoms with Gasteiger partial charge in [-0.05, 0) is 6.42 Å². The van der Waals surface area contributed by atoms with Crippen molar-refractivity contribution in [2.24, 2.45) is 5.73 Å². The quantitative estimate of drug-likeness (QED) is 0.733. The fourth-order valence-corrected chi connectivity index (χ4v) is 3.06. The zero-order valence-corrected chi connectivity index (χ0v) is 9.85. The number of aliphatic hydroxyl groups is 1. The van der Waals surface area contributed by atoms with E-state index in [1.165, 1.54) is 0 Å². The van der Waals surface area contributed by atoms with Crippen LogP contribution in [0, 0.1) is 0 Å². The van der Waals surface area contributed by atoms with Crippen LogP contribution in [0.15, 0.2) is 15.9 Å². The summed E-state index contributed by atoms with van der Waals surface area (Å²) in [5.74, 6) is 0. The van der Waals surface area contributed by atoms with Gasteiger partial charge in [-0.15, -0.1) is 11.3 Å². The predicted octanol–water partition coefficient (Wildman–Crippen LogP) is 1.72. The molecule has 0 aliphatic carbocycles. The molecule has 0 fully saturated rings. The van der Waals surface area contributed by atoms with E-state index in [1.54, 1.807) is 29.3 Å². The largest absolute Gasteiger partial charge is 0.395 e. The van der Waals surface area contributed by atoms with Crippen LogP contribution in [-0.2, 0) is 0 Å². The lowest BCUT2D eigenvalue weighted by molar-refractivity contribution is 0.279. The van der Waals surface area contributed by atoms with Crippen LogP contribution in [0.5, 0.6) is 0 Å². The van der Waals surface area contributed by atoms with E-state index in [1.807, 2.05) is 5.38 Å². The number of thiazole rings is 1. The fourth-order valence-electron chi connectivity index (χ4n) is 1.18. The van der Waals surface area contributed by atoms with Gasteiger partial charge in [0.05, 0.1) is 6.61 Å². The Morgan fingerprint density at radius 2 is 2.50 bits per heavy atom. The molecule has 0 aliphatic heterocycles. The molecule has 1 aromatic rings. The van der Waals surface area contributed by atoms with Gasteiger partial charge in [0.15, 0.2) is 0 Å². The highest BCUT2D eigenvalue weighted by atomic mass is 32.2. The van der Waals surface area contributed by atoms with Crippen molar-refractivity contribution in [3.8, 4) is 0 Å². The van der Waals surface area contributed by atoms with E-state index < -0.39 is 0 Å². The van der Waals surface area contributed by atoms with Gasteiger partial charge >= 0.3 is 0 Å². The summed E-state index contributed by atoms with van der Waals surface area (Å²) in [6, 6.07) is 0.0545. The first-order valence-electron chi connectivity index (χ1n) is 4.70. The molecule has 0 saturated carbocycles. The summed E-state index contributed by atoms with van der Waals surface area (Å²) in [6.45, 7) is 2.22. The molecule has 0 amide bonds. The van der Waals surface area contributed by atoms with Gasteiger partial charge in [-0.3, -0.25) is 0 Å². The van der Waals surface area contributed by atoms with Crippen molar-refractivity contribution in [1.29, 1.82) is 0 Å². The second kappa shape index (κ2) is 6.40. The van der Waals surface area contributed by atoms with Crippen molar-refractivity contribution >= 4 is 23.1 Å². The maximum Gasteiger partial charge on any atom is 0.150 e. The van der Waals surface area contributed by atoms with Gasteiger partial charge < -0.3 is 10.8 Å². The van der Waals surface area contributed by atoms with Crippen molar-refractivity contribution in [3.63, 3.8) is 0 Å². The number of aromatic nitrogens is 1. The molecule has 1 aromatic heterocycles. The van der Waals surface area contributed by atoms with E-state index in [9.17, 15) is 5.11 Å². The predicted molar refractivity (Wildman–Crippen MR) is 61.7 cm³/mol. The van der Waals surface area contributed by atoms with Gasteiger partial charge in [-0.2, -0.15) is 0 Å². The molecule has 80 valence electrons. The normalized spacial score (nSPS) is 15.4. The summed E-state index contributed by atoms with van der Waals surface area (Å²) in [5, 5.41) is 11.2. The molecule has 0 spiro atoms. The molecule has 3 nitrogen and oxygen atoms in total. The molecule has 0 aromatic carbocycles. The lowest BCUT2D eigenvalue weighted by Gasteiger charge is -2.19. The van der Waals surface area contributed by atoms with Crippen molar-refractivity contribution in [2.75, 3.05) is 6.61 Å². The van der Waals surface area contributed by atoms with E-state index in [0.717, 1.165) is 17.2 Å². The molecule has 0 aliphatic rings. The van der Waals surface area contributed by atoms with Crippen LogP contribution < -0.4 is 5.73 Å². The van der Waals surface area contributed by atoms with Gasteiger partial charge in [0.25, 0.3) is 0 Å². The molecule has 3 N–H and O–H groups in total. The number of hydrogen-bond acceptors (Lipinski definition) is 5. The van der Waals surface area contributed by atoms with Crippen molar-refractivity contribution in [2.45, 2.75) is 35.4 Å². The van der Waals surface area contributed by atoms with E-state index >= 15 is 0 Å². The molecule has 1 rings (SSSR count). The van der Waals surface area contributed by atoms with E-state index in [2.05, 4.69) is 11.9 Å². The Morgan fingerprint density at radius 1 is 1.71 bits per heavy atom. The Morgan fingerprint density at radius 3 is 3.00 bits per heavy atom. The van der Waals surface area contributed by atoms with Crippen LogP contribution in [0.2, 0.25) is 0 Å². The van der Waals surface area contributed by atoms with Crippen molar-refractivity contribution in [1.82, 2.24) is 4.98 Å². The smallest absolute Gasteiger partial charge is 0.150 e. The van der Waals surface area contributed by atoms with Gasteiger partial charge in [0.2, 0.25) is 0 Å². The first-order valence-corrected chi connectivity index (χ1v) is 6.46. The molecule has 14 heavy (non-hydrogen) atoms. The number of nitrogens with two attached hydrogens (primary N) is 1. The average molecular weight is 232 g/mol. The monoisotopic (exact) mass is 232 g/mol. The highest BCUT2D eigenvalue weighted by molar-refractivity contribution is 8.01. The van der Waals surface area contributed by atoms with Crippen LogP contribution in [0.4, 0.5) is 0 Å². The van der Waals surface area contributed by atoms with E-state index in [4.69, 9.17) is 5.73 Å². The van der Waals surface area contributed by atoms with Gasteiger partial charge in [0, 0.05) is 22.9 Å². The standard InChI is InChI=1S/C9H16N2OS2/c1-2-3-7(10)8(6-12)14-9-11-4-5-13-9/h4-5,7-8,12H,2-3,6,10H2,1H3. The molecular weight excluding hydrogens is 216 g/mol. The third-order valence-electron chi connectivity index (χ3n) is 1.94. The Balaban J connectivity index is 2.46.